The van der Waals surface area contributed by atoms with Gasteiger partial charge in [-0.1, -0.05) is 0 Å². The van der Waals surface area contributed by atoms with E-state index in [9.17, 15) is 14.7 Å². The summed E-state index contributed by atoms with van der Waals surface area (Å²) >= 11 is 0. The minimum absolute atomic E-state index is 0.0114. The van der Waals surface area contributed by atoms with Crippen molar-refractivity contribution in [2.24, 2.45) is 5.92 Å². The molecule has 3 N–H and O–H groups in total. The molecular formula is C20H25NO7. The summed E-state index contributed by atoms with van der Waals surface area (Å²) in [5.41, 5.74) is 1.62. The third kappa shape index (κ3) is 3.85. The van der Waals surface area contributed by atoms with Gasteiger partial charge in [0.2, 0.25) is 5.91 Å². The van der Waals surface area contributed by atoms with E-state index in [4.69, 9.17) is 19.3 Å². The number of ether oxygens (including phenoxy) is 3. The van der Waals surface area contributed by atoms with E-state index in [0.717, 1.165) is 18.4 Å². The van der Waals surface area contributed by atoms with Crippen molar-refractivity contribution in [2.45, 2.75) is 49.9 Å². The third-order valence-electron chi connectivity index (χ3n) is 5.76. The first kappa shape index (κ1) is 19.2. The molecule has 2 fully saturated rings. The molecule has 4 atom stereocenters. The second kappa shape index (κ2) is 8.06. The number of hydrogen-bond donors (Lipinski definition) is 3. The highest BCUT2D eigenvalue weighted by molar-refractivity contribution is 5.92. The van der Waals surface area contributed by atoms with Crippen LogP contribution in [-0.2, 0) is 19.1 Å². The maximum absolute atomic E-state index is 12.5. The summed E-state index contributed by atoms with van der Waals surface area (Å²) < 4.78 is 17.0. The molecule has 152 valence electrons. The van der Waals surface area contributed by atoms with Crippen molar-refractivity contribution in [2.75, 3.05) is 25.1 Å². The Balaban J connectivity index is 1.51. The Morgan fingerprint density at radius 3 is 2.71 bits per heavy atom. The quantitative estimate of drug-likeness (QED) is 0.697. The van der Waals surface area contributed by atoms with Crippen LogP contribution in [0, 0.1) is 5.92 Å². The topological polar surface area (TPSA) is 114 Å². The number of amides is 1. The number of carboxylic acid groups (broad SMARTS) is 1. The van der Waals surface area contributed by atoms with E-state index < -0.39 is 18.2 Å². The van der Waals surface area contributed by atoms with E-state index in [1.807, 2.05) is 12.1 Å². The van der Waals surface area contributed by atoms with Crippen molar-refractivity contribution in [3.05, 3.63) is 23.8 Å². The number of carbonyl (C=O) groups excluding carboxylic acids is 1. The molecule has 3 aliphatic rings. The van der Waals surface area contributed by atoms with Gasteiger partial charge >= 0.3 is 5.97 Å². The molecule has 0 bridgehead atoms. The molecule has 0 spiro atoms. The minimum Gasteiger partial charge on any atom is -0.487 e. The van der Waals surface area contributed by atoms with Crippen molar-refractivity contribution >= 4 is 17.6 Å². The molecule has 1 aromatic carbocycles. The van der Waals surface area contributed by atoms with Gasteiger partial charge in [0.25, 0.3) is 0 Å². The lowest BCUT2D eigenvalue weighted by Gasteiger charge is -2.36. The fraction of sp³-hybridized carbons (Fsp3) is 0.600. The normalized spacial score (nSPS) is 29.5. The number of nitrogens with one attached hydrogen (secondary N) is 1. The van der Waals surface area contributed by atoms with Gasteiger partial charge in [0.15, 0.2) is 0 Å². The average molecular weight is 391 g/mol. The van der Waals surface area contributed by atoms with Crippen molar-refractivity contribution in [3.8, 4) is 5.75 Å². The lowest BCUT2D eigenvalue weighted by Crippen LogP contribution is -2.46. The molecule has 0 saturated carbocycles. The third-order valence-corrected chi connectivity index (χ3v) is 5.76. The Labute approximate surface area is 162 Å². The van der Waals surface area contributed by atoms with Crippen molar-refractivity contribution in [1.29, 1.82) is 0 Å². The molecular weight excluding hydrogens is 366 g/mol. The number of fused-ring (bicyclic) bond motifs is 3. The summed E-state index contributed by atoms with van der Waals surface area (Å²) in [5, 5.41) is 21.7. The fourth-order valence-electron chi connectivity index (χ4n) is 4.37. The number of hydrogen-bond acceptors (Lipinski definition) is 6. The van der Waals surface area contributed by atoms with E-state index in [1.165, 1.54) is 0 Å². The summed E-state index contributed by atoms with van der Waals surface area (Å²) in [6.45, 7) is 0.972. The molecule has 0 radical (unpaired) electrons. The van der Waals surface area contributed by atoms with Crippen LogP contribution >= 0.6 is 0 Å². The second-order valence-corrected chi connectivity index (χ2v) is 7.63. The molecule has 0 aromatic heterocycles. The fourth-order valence-corrected chi connectivity index (χ4v) is 4.37. The van der Waals surface area contributed by atoms with Gasteiger partial charge in [-0.2, -0.15) is 0 Å². The van der Waals surface area contributed by atoms with Crippen LogP contribution in [0.15, 0.2) is 18.2 Å². The van der Waals surface area contributed by atoms with Gasteiger partial charge in [-0.15, -0.1) is 0 Å². The smallest absolute Gasteiger partial charge is 0.305 e. The average Bonchev–Trinajstić information content (AvgIpc) is 3.05. The number of carbonyl (C=O) groups is 2. The Hall–Kier alpha value is -2.16. The molecule has 4 rings (SSSR count). The van der Waals surface area contributed by atoms with E-state index in [0.29, 0.717) is 31.1 Å². The predicted octanol–water partition coefficient (Wildman–Crippen LogP) is 1.52. The molecule has 28 heavy (non-hydrogen) atoms. The van der Waals surface area contributed by atoms with Gasteiger partial charge in [-0.25, -0.2) is 0 Å². The zero-order valence-corrected chi connectivity index (χ0v) is 15.5. The van der Waals surface area contributed by atoms with Crippen molar-refractivity contribution < 1.29 is 34.0 Å². The molecule has 3 aliphatic heterocycles. The standard InChI is InChI=1S/C20H25NO7/c22-10-17-19-15(8-13(27-17)9-18(23)24)14-7-12(1-2-16(14)28-19)21-20(25)11-3-5-26-6-4-11/h1-2,7,11,13,15,17,19,22H,3-6,8-10H2,(H,21,25)(H,23,24)/t13-,15+,17+,19-/m0/s1. The second-order valence-electron chi connectivity index (χ2n) is 7.63. The minimum atomic E-state index is -0.934. The molecule has 8 nitrogen and oxygen atoms in total. The Morgan fingerprint density at radius 2 is 2.00 bits per heavy atom. The highest BCUT2D eigenvalue weighted by Crippen LogP contribution is 2.47. The lowest BCUT2D eigenvalue weighted by atomic mass is 9.84. The lowest BCUT2D eigenvalue weighted by molar-refractivity contribution is -0.153. The van der Waals surface area contributed by atoms with E-state index >= 15 is 0 Å². The summed E-state index contributed by atoms with van der Waals surface area (Å²) in [4.78, 5) is 23.6. The van der Waals surface area contributed by atoms with E-state index in [2.05, 4.69) is 5.32 Å². The monoisotopic (exact) mass is 391 g/mol. The zero-order chi connectivity index (χ0) is 19.7. The summed E-state index contributed by atoms with van der Waals surface area (Å²) in [7, 11) is 0. The predicted molar refractivity (Wildman–Crippen MR) is 98.4 cm³/mol. The maximum Gasteiger partial charge on any atom is 0.305 e. The van der Waals surface area contributed by atoms with Crippen LogP contribution in [0.3, 0.4) is 0 Å². The van der Waals surface area contributed by atoms with Crippen LogP contribution in [-0.4, -0.2) is 60.2 Å². The number of aliphatic carboxylic acids is 1. The van der Waals surface area contributed by atoms with Crippen molar-refractivity contribution in [1.82, 2.24) is 0 Å². The Morgan fingerprint density at radius 1 is 1.21 bits per heavy atom. The summed E-state index contributed by atoms with van der Waals surface area (Å²) in [6.07, 6.45) is 0.411. The highest BCUT2D eigenvalue weighted by Gasteiger charge is 2.46. The summed E-state index contributed by atoms with van der Waals surface area (Å²) in [5.74, 6) is -0.380. The van der Waals surface area contributed by atoms with Gasteiger partial charge in [0.05, 0.1) is 19.1 Å². The number of rotatable bonds is 5. The van der Waals surface area contributed by atoms with Crippen LogP contribution in [0.5, 0.6) is 5.75 Å². The zero-order valence-electron chi connectivity index (χ0n) is 15.5. The molecule has 0 aliphatic carbocycles. The van der Waals surface area contributed by atoms with Gasteiger partial charge in [-0.05, 0) is 37.5 Å². The molecule has 1 aromatic rings. The SMILES string of the molecule is O=C(O)C[C@@H]1C[C@@H]2c3cc(NC(=O)C4CCOCC4)ccc3O[C@@H]2[C@@H](CO)O1. The van der Waals surface area contributed by atoms with Gasteiger partial charge in [0, 0.05) is 36.3 Å². The van der Waals surface area contributed by atoms with Gasteiger partial charge in [-0.3, -0.25) is 9.59 Å². The first-order chi connectivity index (χ1) is 13.5. The van der Waals surface area contributed by atoms with Gasteiger partial charge < -0.3 is 29.7 Å². The maximum atomic E-state index is 12.5. The number of carboxylic acids is 1. The van der Waals surface area contributed by atoms with E-state index in [1.54, 1.807) is 6.07 Å². The molecule has 8 heteroatoms. The summed E-state index contributed by atoms with van der Waals surface area (Å²) in [6, 6.07) is 5.51. The number of aliphatic hydroxyl groups is 1. The van der Waals surface area contributed by atoms with Crippen LogP contribution in [0.4, 0.5) is 5.69 Å². The number of anilines is 1. The van der Waals surface area contributed by atoms with Crippen molar-refractivity contribution in [3.63, 3.8) is 0 Å². The van der Waals surface area contributed by atoms with Crippen LogP contribution in [0.2, 0.25) is 0 Å². The van der Waals surface area contributed by atoms with Gasteiger partial charge in [0.1, 0.15) is 18.0 Å². The molecule has 0 unspecified atom stereocenters. The first-order valence-corrected chi connectivity index (χ1v) is 9.72. The Kier molecular flexibility index (Phi) is 5.52. The highest BCUT2D eigenvalue weighted by atomic mass is 16.6. The number of benzene rings is 1. The first-order valence-electron chi connectivity index (χ1n) is 9.72. The number of aliphatic hydroxyl groups excluding tert-OH is 1. The van der Waals surface area contributed by atoms with E-state index in [-0.39, 0.29) is 36.9 Å². The largest absolute Gasteiger partial charge is 0.487 e. The molecule has 2 saturated heterocycles. The van der Waals surface area contributed by atoms with Crippen LogP contribution in [0.25, 0.3) is 0 Å². The molecule has 1 amide bonds. The van der Waals surface area contributed by atoms with Crippen LogP contribution in [0.1, 0.15) is 37.2 Å². The molecule has 3 heterocycles. The Bertz CT molecular complexity index is 746. The van der Waals surface area contributed by atoms with Crippen LogP contribution < -0.4 is 10.1 Å².